The minimum atomic E-state index is 0.332. The zero-order valence-electron chi connectivity index (χ0n) is 14.2. The van der Waals surface area contributed by atoms with Crippen molar-refractivity contribution in [3.8, 4) is 0 Å². The first-order valence-electron chi connectivity index (χ1n) is 8.22. The van der Waals surface area contributed by atoms with Crippen LogP contribution in [0.3, 0.4) is 0 Å². The number of aromatic nitrogens is 1. The average Bonchev–Trinajstić information content (AvgIpc) is 2.43. The fourth-order valence-corrected chi connectivity index (χ4v) is 3.82. The molecule has 3 heteroatoms. The van der Waals surface area contributed by atoms with Crippen LogP contribution >= 0.6 is 0 Å². The summed E-state index contributed by atoms with van der Waals surface area (Å²) in [6.07, 6.45) is 7.06. The lowest BCUT2D eigenvalue weighted by molar-refractivity contribution is 0.134. The van der Waals surface area contributed by atoms with E-state index in [1.165, 1.54) is 36.8 Å². The number of nitrogens with two attached hydrogens (primary N) is 1. The second-order valence-electron chi connectivity index (χ2n) is 7.73. The minimum absolute atomic E-state index is 0.332. The van der Waals surface area contributed by atoms with E-state index < -0.39 is 0 Å². The Kier molecular flexibility index (Phi) is 4.92. The second-order valence-corrected chi connectivity index (χ2v) is 7.73. The molecule has 0 aromatic carbocycles. The normalized spacial score (nSPS) is 24.8. The topological polar surface area (TPSA) is 50.9 Å². The molecule has 0 bridgehead atoms. The molecule has 1 aliphatic carbocycles. The summed E-state index contributed by atoms with van der Waals surface area (Å²) in [6.45, 7) is 9.20. The number of hydrogen-bond donors (Lipinski definition) is 2. The van der Waals surface area contributed by atoms with E-state index in [1.807, 2.05) is 13.2 Å². The molecule has 0 amide bonds. The SMILES string of the molecule is CNC(c1cc(C)cnc1N)C1CCC(C(C)(C)C)CC1. The molecule has 1 saturated carbocycles. The van der Waals surface area contributed by atoms with Crippen molar-refractivity contribution in [1.82, 2.24) is 10.3 Å². The predicted molar refractivity (Wildman–Crippen MR) is 90.1 cm³/mol. The van der Waals surface area contributed by atoms with Crippen molar-refractivity contribution in [2.75, 3.05) is 12.8 Å². The Labute approximate surface area is 129 Å². The molecule has 0 aliphatic heterocycles. The zero-order chi connectivity index (χ0) is 15.6. The Morgan fingerprint density at radius 3 is 2.38 bits per heavy atom. The highest BCUT2D eigenvalue weighted by atomic mass is 14.9. The van der Waals surface area contributed by atoms with E-state index in [4.69, 9.17) is 5.73 Å². The summed E-state index contributed by atoms with van der Waals surface area (Å²) in [5.74, 6) is 2.19. The van der Waals surface area contributed by atoms with Crippen molar-refractivity contribution in [2.45, 2.75) is 59.4 Å². The quantitative estimate of drug-likeness (QED) is 0.881. The molecule has 3 nitrogen and oxygen atoms in total. The number of hydrogen-bond acceptors (Lipinski definition) is 3. The van der Waals surface area contributed by atoms with Crippen molar-refractivity contribution < 1.29 is 0 Å². The molecule has 1 atom stereocenters. The molecule has 118 valence electrons. The van der Waals surface area contributed by atoms with Gasteiger partial charge in [0.25, 0.3) is 0 Å². The summed E-state index contributed by atoms with van der Waals surface area (Å²) < 4.78 is 0. The predicted octanol–water partition coefficient (Wildman–Crippen LogP) is 4.09. The highest BCUT2D eigenvalue weighted by Gasteiger charge is 2.33. The van der Waals surface area contributed by atoms with E-state index in [-0.39, 0.29) is 0 Å². The maximum atomic E-state index is 6.12. The largest absolute Gasteiger partial charge is 0.383 e. The summed E-state index contributed by atoms with van der Waals surface area (Å²) >= 11 is 0. The van der Waals surface area contributed by atoms with Crippen molar-refractivity contribution in [3.05, 3.63) is 23.4 Å². The summed E-state index contributed by atoms with van der Waals surface area (Å²) in [4.78, 5) is 4.33. The van der Waals surface area contributed by atoms with Crippen LogP contribution in [0.15, 0.2) is 12.3 Å². The highest BCUT2D eigenvalue weighted by molar-refractivity contribution is 5.43. The minimum Gasteiger partial charge on any atom is -0.383 e. The maximum Gasteiger partial charge on any atom is 0.128 e. The molecule has 21 heavy (non-hydrogen) atoms. The lowest BCUT2D eigenvalue weighted by Crippen LogP contribution is -2.32. The van der Waals surface area contributed by atoms with Gasteiger partial charge in [-0.2, -0.15) is 0 Å². The van der Waals surface area contributed by atoms with Crippen LogP contribution in [-0.2, 0) is 0 Å². The summed E-state index contributed by atoms with van der Waals surface area (Å²) in [5.41, 5.74) is 8.91. The van der Waals surface area contributed by atoms with Gasteiger partial charge in [-0.25, -0.2) is 4.98 Å². The van der Waals surface area contributed by atoms with E-state index >= 15 is 0 Å². The second kappa shape index (κ2) is 6.35. The van der Waals surface area contributed by atoms with Crippen molar-refractivity contribution in [1.29, 1.82) is 0 Å². The number of nitrogens with zero attached hydrogens (tertiary/aromatic N) is 1. The third-order valence-corrected chi connectivity index (χ3v) is 5.20. The molecule has 2 rings (SSSR count). The van der Waals surface area contributed by atoms with Crippen LogP contribution in [0.25, 0.3) is 0 Å². The molecular formula is C18H31N3. The number of pyridine rings is 1. The smallest absolute Gasteiger partial charge is 0.128 e. The Morgan fingerprint density at radius 1 is 1.24 bits per heavy atom. The third-order valence-electron chi connectivity index (χ3n) is 5.20. The molecule has 0 radical (unpaired) electrons. The number of rotatable bonds is 3. The van der Waals surface area contributed by atoms with E-state index in [2.05, 4.69) is 44.1 Å². The van der Waals surface area contributed by atoms with E-state index in [0.29, 0.717) is 23.2 Å². The van der Waals surface area contributed by atoms with Gasteiger partial charge in [0.2, 0.25) is 0 Å². The van der Waals surface area contributed by atoms with Crippen LogP contribution in [0.2, 0.25) is 0 Å². The Morgan fingerprint density at radius 2 is 1.86 bits per heavy atom. The van der Waals surface area contributed by atoms with Gasteiger partial charge < -0.3 is 11.1 Å². The molecule has 0 saturated heterocycles. The number of aryl methyl sites for hydroxylation is 1. The summed E-state index contributed by atoms with van der Waals surface area (Å²) in [5, 5.41) is 3.49. The molecular weight excluding hydrogens is 258 g/mol. The Hall–Kier alpha value is -1.09. The van der Waals surface area contributed by atoms with Crippen LogP contribution in [0.4, 0.5) is 5.82 Å². The molecule has 0 spiro atoms. The molecule has 1 fully saturated rings. The number of anilines is 1. The van der Waals surface area contributed by atoms with Gasteiger partial charge in [0, 0.05) is 17.8 Å². The summed E-state index contributed by atoms with van der Waals surface area (Å²) in [7, 11) is 2.04. The van der Waals surface area contributed by atoms with Crippen LogP contribution in [0, 0.1) is 24.2 Å². The van der Waals surface area contributed by atoms with Gasteiger partial charge in [0.1, 0.15) is 5.82 Å². The maximum absolute atomic E-state index is 6.12. The molecule has 3 N–H and O–H groups in total. The van der Waals surface area contributed by atoms with Gasteiger partial charge in [-0.1, -0.05) is 20.8 Å². The first-order valence-corrected chi connectivity index (χ1v) is 8.22. The van der Waals surface area contributed by atoms with Crippen LogP contribution in [0.5, 0.6) is 0 Å². The average molecular weight is 289 g/mol. The Balaban J connectivity index is 2.11. The van der Waals surface area contributed by atoms with Crippen molar-refractivity contribution in [3.63, 3.8) is 0 Å². The van der Waals surface area contributed by atoms with Gasteiger partial charge in [-0.15, -0.1) is 0 Å². The summed E-state index contributed by atoms with van der Waals surface area (Å²) in [6, 6.07) is 2.53. The van der Waals surface area contributed by atoms with Crippen molar-refractivity contribution >= 4 is 5.82 Å². The van der Waals surface area contributed by atoms with Gasteiger partial charge in [-0.3, -0.25) is 0 Å². The van der Waals surface area contributed by atoms with Gasteiger partial charge >= 0.3 is 0 Å². The van der Waals surface area contributed by atoms with Gasteiger partial charge in [-0.05, 0) is 68.5 Å². The van der Waals surface area contributed by atoms with Crippen LogP contribution in [0.1, 0.15) is 63.6 Å². The molecule has 1 aromatic heterocycles. The van der Waals surface area contributed by atoms with Gasteiger partial charge in [0.15, 0.2) is 0 Å². The lowest BCUT2D eigenvalue weighted by atomic mass is 9.68. The Bertz CT molecular complexity index is 468. The molecule has 1 aromatic rings. The first kappa shape index (κ1) is 16.3. The highest BCUT2D eigenvalue weighted by Crippen LogP contribution is 2.43. The number of nitrogens with one attached hydrogen (secondary N) is 1. The molecule has 1 unspecified atom stereocenters. The number of nitrogen functional groups attached to an aromatic ring is 1. The van der Waals surface area contributed by atoms with Gasteiger partial charge in [0.05, 0.1) is 0 Å². The molecule has 1 heterocycles. The van der Waals surface area contributed by atoms with Crippen LogP contribution in [-0.4, -0.2) is 12.0 Å². The van der Waals surface area contributed by atoms with Crippen molar-refractivity contribution in [2.24, 2.45) is 17.3 Å². The third kappa shape index (κ3) is 3.76. The first-order chi connectivity index (χ1) is 9.82. The fraction of sp³-hybridized carbons (Fsp3) is 0.722. The van der Waals surface area contributed by atoms with E-state index in [1.54, 1.807) is 0 Å². The fourth-order valence-electron chi connectivity index (χ4n) is 3.82. The van der Waals surface area contributed by atoms with E-state index in [0.717, 1.165) is 5.92 Å². The van der Waals surface area contributed by atoms with E-state index in [9.17, 15) is 0 Å². The molecule has 1 aliphatic rings. The zero-order valence-corrected chi connectivity index (χ0v) is 14.2. The monoisotopic (exact) mass is 289 g/mol. The lowest BCUT2D eigenvalue weighted by Gasteiger charge is -2.39. The van der Waals surface area contributed by atoms with Crippen LogP contribution < -0.4 is 11.1 Å². The standard InChI is InChI=1S/C18H31N3/c1-12-10-15(17(19)21-11-12)16(20-5)13-6-8-14(9-7-13)18(2,3)4/h10-11,13-14,16,20H,6-9H2,1-5H3,(H2,19,21).